The fraction of sp³-hybridized carbons (Fsp3) is 0.333. The predicted molar refractivity (Wildman–Crippen MR) is 110 cm³/mol. The summed E-state index contributed by atoms with van der Waals surface area (Å²) >= 11 is 0. The van der Waals surface area contributed by atoms with E-state index in [0.717, 1.165) is 11.3 Å². The zero-order chi connectivity index (χ0) is 20.9. The van der Waals surface area contributed by atoms with Gasteiger partial charge < -0.3 is 20.1 Å². The summed E-state index contributed by atoms with van der Waals surface area (Å²) in [4.78, 5) is 25.5. The Morgan fingerprint density at radius 2 is 2.07 bits per heavy atom. The van der Waals surface area contributed by atoms with Crippen molar-refractivity contribution < 1.29 is 14.3 Å². The molecule has 156 valence electrons. The third kappa shape index (κ3) is 4.68. The number of carbonyl (C=O) groups is 1. The van der Waals surface area contributed by atoms with Gasteiger partial charge in [0, 0.05) is 25.0 Å². The first kappa shape index (κ1) is 19.7. The van der Waals surface area contributed by atoms with E-state index < -0.39 is 6.04 Å². The number of nitrogens with one attached hydrogen (secondary N) is 2. The quantitative estimate of drug-likeness (QED) is 0.590. The third-order valence-corrected chi connectivity index (χ3v) is 4.67. The maximum Gasteiger partial charge on any atom is 0.242 e. The lowest BCUT2D eigenvalue weighted by Crippen LogP contribution is -2.40. The molecule has 3 heterocycles. The Kier molecular flexibility index (Phi) is 5.78. The minimum absolute atomic E-state index is 0.0934. The number of fused-ring (bicyclic) bond motifs is 1. The SMILES string of the molecule is CC(C)CC(Nc1cc(-n2ccnc2)ncn1)C(=O)NCc1ccc2c(c1)OCO2. The van der Waals surface area contributed by atoms with E-state index in [1.165, 1.54) is 6.33 Å². The highest BCUT2D eigenvalue weighted by Gasteiger charge is 2.21. The molecule has 0 saturated carbocycles. The summed E-state index contributed by atoms with van der Waals surface area (Å²) in [6.45, 7) is 4.79. The number of carbonyl (C=O) groups excluding carboxylic acids is 1. The van der Waals surface area contributed by atoms with Crippen molar-refractivity contribution in [3.05, 3.63) is 54.9 Å². The summed E-state index contributed by atoms with van der Waals surface area (Å²) in [6, 6.07) is 7.02. The summed E-state index contributed by atoms with van der Waals surface area (Å²) in [5.41, 5.74) is 0.945. The number of rotatable bonds is 8. The standard InChI is InChI=1S/C21H24N6O3/c1-14(2)7-16(26-19-9-20(25-11-24-19)27-6-5-22-12-27)21(28)23-10-15-3-4-17-18(8-15)30-13-29-17/h3-6,8-9,11-12,14,16H,7,10,13H2,1-2H3,(H,23,28)(H,24,25,26). The average molecular weight is 408 g/mol. The zero-order valence-electron chi connectivity index (χ0n) is 16.9. The molecule has 9 nitrogen and oxygen atoms in total. The number of amides is 1. The maximum atomic E-state index is 12.9. The molecular formula is C21H24N6O3. The Labute approximate surface area is 174 Å². The molecule has 30 heavy (non-hydrogen) atoms. The fourth-order valence-corrected chi connectivity index (χ4v) is 3.21. The van der Waals surface area contributed by atoms with Gasteiger partial charge in [0.25, 0.3) is 0 Å². The Balaban J connectivity index is 1.43. The van der Waals surface area contributed by atoms with Crippen molar-refractivity contribution in [2.45, 2.75) is 32.9 Å². The molecule has 1 amide bonds. The van der Waals surface area contributed by atoms with Crippen LogP contribution in [0, 0.1) is 5.92 Å². The van der Waals surface area contributed by atoms with E-state index in [1.807, 2.05) is 18.2 Å². The van der Waals surface area contributed by atoms with Crippen molar-refractivity contribution in [3.8, 4) is 17.3 Å². The molecule has 0 spiro atoms. The summed E-state index contributed by atoms with van der Waals surface area (Å²) in [7, 11) is 0. The molecule has 0 saturated heterocycles. The zero-order valence-corrected chi connectivity index (χ0v) is 16.9. The second-order valence-corrected chi connectivity index (χ2v) is 7.46. The van der Waals surface area contributed by atoms with Gasteiger partial charge in [-0.3, -0.25) is 9.36 Å². The molecule has 0 radical (unpaired) electrons. The number of anilines is 1. The number of hydrogen-bond acceptors (Lipinski definition) is 7. The van der Waals surface area contributed by atoms with Crippen LogP contribution in [0.2, 0.25) is 0 Å². The van der Waals surface area contributed by atoms with Crippen LogP contribution in [0.5, 0.6) is 11.5 Å². The highest BCUT2D eigenvalue weighted by Crippen LogP contribution is 2.32. The highest BCUT2D eigenvalue weighted by molar-refractivity contribution is 5.84. The van der Waals surface area contributed by atoms with Crippen molar-refractivity contribution >= 4 is 11.7 Å². The number of aromatic nitrogens is 4. The minimum Gasteiger partial charge on any atom is -0.454 e. The second-order valence-electron chi connectivity index (χ2n) is 7.46. The van der Waals surface area contributed by atoms with Crippen LogP contribution in [0.15, 0.2) is 49.3 Å². The van der Waals surface area contributed by atoms with Crippen molar-refractivity contribution in [2.75, 3.05) is 12.1 Å². The van der Waals surface area contributed by atoms with Crippen LogP contribution >= 0.6 is 0 Å². The van der Waals surface area contributed by atoms with E-state index in [9.17, 15) is 4.79 Å². The van der Waals surface area contributed by atoms with E-state index in [2.05, 4.69) is 39.4 Å². The van der Waals surface area contributed by atoms with Gasteiger partial charge in [0.1, 0.15) is 30.3 Å². The lowest BCUT2D eigenvalue weighted by atomic mass is 10.0. The molecule has 1 aliphatic rings. The van der Waals surface area contributed by atoms with Crippen molar-refractivity contribution in [2.24, 2.45) is 5.92 Å². The molecule has 2 N–H and O–H groups in total. The molecule has 1 atom stereocenters. The lowest BCUT2D eigenvalue weighted by Gasteiger charge is -2.21. The predicted octanol–water partition coefficient (Wildman–Crippen LogP) is 2.53. The van der Waals surface area contributed by atoms with Gasteiger partial charge in [-0.15, -0.1) is 0 Å². The van der Waals surface area contributed by atoms with Crippen LogP contribution in [0.25, 0.3) is 5.82 Å². The van der Waals surface area contributed by atoms with Gasteiger partial charge in [0.2, 0.25) is 12.7 Å². The van der Waals surface area contributed by atoms with E-state index in [0.29, 0.717) is 36.3 Å². The number of imidazole rings is 1. The third-order valence-electron chi connectivity index (χ3n) is 4.67. The molecule has 9 heteroatoms. The molecule has 4 rings (SSSR count). The molecule has 1 aromatic carbocycles. The van der Waals surface area contributed by atoms with E-state index >= 15 is 0 Å². The van der Waals surface area contributed by atoms with Crippen LogP contribution < -0.4 is 20.1 Å². The fourth-order valence-electron chi connectivity index (χ4n) is 3.21. The Hall–Kier alpha value is -3.62. The summed E-state index contributed by atoms with van der Waals surface area (Å²) in [5, 5.41) is 6.25. The smallest absolute Gasteiger partial charge is 0.242 e. The average Bonchev–Trinajstić information content (AvgIpc) is 3.43. The number of benzene rings is 1. The Bertz CT molecular complexity index is 1010. The summed E-state index contributed by atoms with van der Waals surface area (Å²) < 4.78 is 12.5. The van der Waals surface area contributed by atoms with Crippen molar-refractivity contribution in [3.63, 3.8) is 0 Å². The molecular weight excluding hydrogens is 384 g/mol. The number of nitrogens with zero attached hydrogens (tertiary/aromatic N) is 4. The van der Waals surface area contributed by atoms with Gasteiger partial charge in [-0.2, -0.15) is 0 Å². The van der Waals surface area contributed by atoms with Gasteiger partial charge in [-0.25, -0.2) is 15.0 Å². The first-order valence-electron chi connectivity index (χ1n) is 9.81. The van der Waals surface area contributed by atoms with E-state index in [-0.39, 0.29) is 12.7 Å². The first-order chi connectivity index (χ1) is 14.6. The summed E-state index contributed by atoms with van der Waals surface area (Å²) in [5.74, 6) is 2.91. The van der Waals surface area contributed by atoms with Crippen molar-refractivity contribution in [1.29, 1.82) is 0 Å². The molecule has 2 aromatic heterocycles. The molecule has 0 bridgehead atoms. The largest absolute Gasteiger partial charge is 0.454 e. The van der Waals surface area contributed by atoms with Crippen LogP contribution in [0.3, 0.4) is 0 Å². The maximum absolute atomic E-state index is 12.9. The Morgan fingerprint density at radius 1 is 1.20 bits per heavy atom. The van der Waals surface area contributed by atoms with Gasteiger partial charge in [-0.1, -0.05) is 19.9 Å². The topological polar surface area (TPSA) is 103 Å². The van der Waals surface area contributed by atoms with Gasteiger partial charge >= 0.3 is 0 Å². The van der Waals surface area contributed by atoms with Gasteiger partial charge in [0.05, 0.1) is 0 Å². The number of hydrogen-bond donors (Lipinski definition) is 2. The summed E-state index contributed by atoms with van der Waals surface area (Å²) in [6.07, 6.45) is 7.28. The van der Waals surface area contributed by atoms with E-state index in [4.69, 9.17) is 9.47 Å². The van der Waals surface area contributed by atoms with Crippen LogP contribution in [0.4, 0.5) is 5.82 Å². The van der Waals surface area contributed by atoms with Gasteiger partial charge in [-0.05, 0) is 30.0 Å². The van der Waals surface area contributed by atoms with Gasteiger partial charge in [0.15, 0.2) is 11.5 Å². The molecule has 1 aliphatic heterocycles. The molecule has 0 fully saturated rings. The second kappa shape index (κ2) is 8.81. The van der Waals surface area contributed by atoms with Crippen molar-refractivity contribution in [1.82, 2.24) is 24.8 Å². The molecule has 0 aliphatic carbocycles. The minimum atomic E-state index is -0.426. The van der Waals surface area contributed by atoms with E-state index in [1.54, 1.807) is 29.4 Å². The highest BCUT2D eigenvalue weighted by atomic mass is 16.7. The monoisotopic (exact) mass is 408 g/mol. The number of ether oxygens (including phenoxy) is 2. The molecule has 3 aromatic rings. The lowest BCUT2D eigenvalue weighted by molar-refractivity contribution is -0.122. The molecule has 1 unspecified atom stereocenters. The van der Waals surface area contributed by atoms with Crippen LogP contribution in [-0.4, -0.2) is 38.3 Å². The van der Waals surface area contributed by atoms with Crippen LogP contribution in [-0.2, 0) is 11.3 Å². The van der Waals surface area contributed by atoms with Crippen LogP contribution in [0.1, 0.15) is 25.8 Å². The Morgan fingerprint density at radius 3 is 2.87 bits per heavy atom. The normalized spacial score (nSPS) is 13.3. The first-order valence-corrected chi connectivity index (χ1v) is 9.81.